The third-order valence-corrected chi connectivity index (χ3v) is 6.47. The second-order valence-corrected chi connectivity index (χ2v) is 8.43. The molecule has 1 unspecified atom stereocenters. The normalized spacial score (nSPS) is 21.0. The van der Waals surface area contributed by atoms with Gasteiger partial charge in [0, 0.05) is 48.1 Å². The number of fused-ring (bicyclic) bond motifs is 1. The van der Waals surface area contributed by atoms with E-state index in [2.05, 4.69) is 40.4 Å². The van der Waals surface area contributed by atoms with Crippen molar-refractivity contribution in [2.24, 2.45) is 0 Å². The number of rotatable bonds is 3. The summed E-state index contributed by atoms with van der Waals surface area (Å²) in [5, 5.41) is 5.60. The summed E-state index contributed by atoms with van der Waals surface area (Å²) in [6.07, 6.45) is 5.94. The van der Waals surface area contributed by atoms with Gasteiger partial charge >= 0.3 is 0 Å². The lowest BCUT2D eigenvalue weighted by Gasteiger charge is -2.31. The van der Waals surface area contributed by atoms with Gasteiger partial charge in [0.15, 0.2) is 0 Å². The van der Waals surface area contributed by atoms with Crippen LogP contribution in [0.2, 0.25) is 5.02 Å². The van der Waals surface area contributed by atoms with E-state index in [9.17, 15) is 0 Å². The van der Waals surface area contributed by atoms with E-state index in [0.29, 0.717) is 12.5 Å². The summed E-state index contributed by atoms with van der Waals surface area (Å²) in [6.45, 7) is 5.97. The second kappa shape index (κ2) is 8.07. The van der Waals surface area contributed by atoms with Crippen molar-refractivity contribution in [3.05, 3.63) is 52.3 Å². The van der Waals surface area contributed by atoms with Crippen LogP contribution >= 0.6 is 11.6 Å². The molecule has 1 atom stereocenters. The van der Waals surface area contributed by atoms with E-state index in [1.807, 2.05) is 12.4 Å². The maximum atomic E-state index is 6.93. The molecule has 2 saturated heterocycles. The summed E-state index contributed by atoms with van der Waals surface area (Å²) in [6, 6.07) is 6.74. The van der Waals surface area contributed by atoms with Crippen molar-refractivity contribution in [3.8, 4) is 11.1 Å². The highest BCUT2D eigenvalue weighted by atomic mass is 35.5. The van der Waals surface area contributed by atoms with Crippen LogP contribution in [-0.2, 0) is 9.47 Å². The number of nitrogens with one attached hydrogen (secondary N) is 2. The number of aryl methyl sites for hydroxylation is 1. The van der Waals surface area contributed by atoms with Gasteiger partial charge in [-0.2, -0.15) is 0 Å². The van der Waals surface area contributed by atoms with Crippen LogP contribution in [0, 0.1) is 6.92 Å². The molecule has 6 heteroatoms. The van der Waals surface area contributed by atoms with Gasteiger partial charge in [0.1, 0.15) is 5.65 Å². The summed E-state index contributed by atoms with van der Waals surface area (Å²) in [4.78, 5) is 7.82. The first-order valence-electron chi connectivity index (χ1n) is 10.4. The number of hydrogen-bond acceptors (Lipinski definition) is 4. The molecule has 4 heterocycles. The monoisotopic (exact) mass is 411 g/mol. The van der Waals surface area contributed by atoms with Crippen LogP contribution in [0.15, 0.2) is 30.6 Å². The summed E-state index contributed by atoms with van der Waals surface area (Å²) >= 11 is 6.93. The summed E-state index contributed by atoms with van der Waals surface area (Å²) < 4.78 is 11.4. The second-order valence-electron chi connectivity index (χ2n) is 8.02. The molecule has 2 fully saturated rings. The van der Waals surface area contributed by atoms with Crippen LogP contribution in [0.4, 0.5) is 0 Å². The molecule has 0 amide bonds. The fraction of sp³-hybridized carbons (Fsp3) is 0.435. The molecule has 2 aliphatic rings. The van der Waals surface area contributed by atoms with Crippen LogP contribution in [0.25, 0.3) is 22.2 Å². The highest BCUT2D eigenvalue weighted by Gasteiger charge is 2.27. The highest BCUT2D eigenvalue weighted by molar-refractivity contribution is 6.31. The van der Waals surface area contributed by atoms with Gasteiger partial charge < -0.3 is 19.8 Å². The van der Waals surface area contributed by atoms with Crippen molar-refractivity contribution in [1.29, 1.82) is 0 Å². The molecular weight excluding hydrogens is 386 g/mol. The largest absolute Gasteiger partial charge is 0.381 e. The van der Waals surface area contributed by atoms with Crippen LogP contribution in [0.3, 0.4) is 0 Å². The molecule has 5 nitrogen and oxygen atoms in total. The van der Waals surface area contributed by atoms with E-state index in [4.69, 9.17) is 21.1 Å². The molecule has 1 aromatic carbocycles. The van der Waals surface area contributed by atoms with Crippen molar-refractivity contribution in [2.45, 2.75) is 31.7 Å². The minimum atomic E-state index is 0.157. The van der Waals surface area contributed by atoms with Crippen LogP contribution in [-0.4, -0.2) is 42.9 Å². The average molecular weight is 412 g/mol. The fourth-order valence-electron chi connectivity index (χ4n) is 4.57. The first kappa shape index (κ1) is 19.1. The Labute approximate surface area is 175 Å². The van der Waals surface area contributed by atoms with Gasteiger partial charge in [-0.1, -0.05) is 11.6 Å². The molecule has 5 rings (SSSR count). The number of H-pyrrole nitrogens is 1. The molecule has 2 aromatic heterocycles. The number of halogens is 1. The average Bonchev–Trinajstić information content (AvgIpc) is 3.14. The Kier molecular flexibility index (Phi) is 5.31. The summed E-state index contributed by atoms with van der Waals surface area (Å²) in [5.41, 5.74) is 6.81. The minimum absolute atomic E-state index is 0.157. The van der Waals surface area contributed by atoms with Gasteiger partial charge in [0.25, 0.3) is 0 Å². The van der Waals surface area contributed by atoms with E-state index in [1.165, 1.54) is 16.7 Å². The SMILES string of the molecule is Cc1c[nH]c2ncc(-c3cc(Cl)c(C4CCOCC4)c(C4COCCN4)c3)cc12. The number of morpholine rings is 1. The van der Waals surface area contributed by atoms with Crippen molar-refractivity contribution < 1.29 is 9.47 Å². The van der Waals surface area contributed by atoms with Gasteiger partial charge in [0.05, 0.1) is 19.3 Å². The Balaban J connectivity index is 1.62. The molecule has 0 bridgehead atoms. The molecule has 0 spiro atoms. The predicted octanol–water partition coefficient (Wildman–Crippen LogP) is 4.75. The van der Waals surface area contributed by atoms with Crippen molar-refractivity contribution >= 4 is 22.6 Å². The van der Waals surface area contributed by atoms with Crippen LogP contribution in [0.5, 0.6) is 0 Å². The van der Waals surface area contributed by atoms with Gasteiger partial charge in [-0.05, 0) is 66.1 Å². The molecule has 152 valence electrons. The van der Waals surface area contributed by atoms with Gasteiger partial charge in [-0.3, -0.25) is 0 Å². The molecule has 2 N–H and O–H groups in total. The van der Waals surface area contributed by atoms with Crippen LogP contribution in [0.1, 0.15) is 41.5 Å². The number of nitrogens with zero attached hydrogens (tertiary/aromatic N) is 1. The number of benzene rings is 1. The first-order chi connectivity index (χ1) is 14.2. The lowest BCUT2D eigenvalue weighted by Crippen LogP contribution is -2.35. The smallest absolute Gasteiger partial charge is 0.137 e. The van der Waals surface area contributed by atoms with Crippen molar-refractivity contribution in [2.75, 3.05) is 33.0 Å². The standard InChI is InChI=1S/C23H26ClN3O2/c1-14-11-26-23-18(14)9-17(12-27-23)16-8-19(21-13-29-7-4-25-21)22(20(24)10-16)15-2-5-28-6-3-15/h8-12,15,21,25H,2-7,13H2,1H3,(H,26,27). The van der Waals surface area contributed by atoms with Crippen LogP contribution < -0.4 is 5.32 Å². The Morgan fingerprint density at radius 2 is 1.93 bits per heavy atom. The predicted molar refractivity (Wildman–Crippen MR) is 116 cm³/mol. The maximum absolute atomic E-state index is 6.93. The molecule has 29 heavy (non-hydrogen) atoms. The van der Waals surface area contributed by atoms with E-state index in [0.717, 1.165) is 66.4 Å². The number of hydrogen-bond donors (Lipinski definition) is 2. The van der Waals surface area contributed by atoms with Crippen molar-refractivity contribution in [1.82, 2.24) is 15.3 Å². The topological polar surface area (TPSA) is 59.2 Å². The zero-order valence-corrected chi connectivity index (χ0v) is 17.4. The number of aromatic amines is 1. The number of aromatic nitrogens is 2. The van der Waals surface area contributed by atoms with E-state index >= 15 is 0 Å². The third-order valence-electron chi connectivity index (χ3n) is 6.16. The Morgan fingerprint density at radius 3 is 2.72 bits per heavy atom. The molecule has 0 radical (unpaired) electrons. The fourth-order valence-corrected chi connectivity index (χ4v) is 4.95. The molecule has 2 aliphatic heterocycles. The number of ether oxygens (including phenoxy) is 2. The quantitative estimate of drug-likeness (QED) is 0.653. The lowest BCUT2D eigenvalue weighted by molar-refractivity contribution is 0.0740. The summed E-state index contributed by atoms with van der Waals surface area (Å²) in [7, 11) is 0. The molecule has 3 aromatic rings. The van der Waals surface area contributed by atoms with Gasteiger partial charge in [-0.15, -0.1) is 0 Å². The first-order valence-corrected chi connectivity index (χ1v) is 10.7. The van der Waals surface area contributed by atoms with E-state index in [-0.39, 0.29) is 6.04 Å². The zero-order chi connectivity index (χ0) is 19.8. The van der Waals surface area contributed by atoms with E-state index in [1.54, 1.807) is 0 Å². The van der Waals surface area contributed by atoms with Gasteiger partial charge in [0.2, 0.25) is 0 Å². The van der Waals surface area contributed by atoms with Crippen molar-refractivity contribution in [3.63, 3.8) is 0 Å². The number of pyridine rings is 1. The lowest BCUT2D eigenvalue weighted by atomic mass is 9.84. The molecule has 0 aliphatic carbocycles. The third kappa shape index (κ3) is 3.68. The minimum Gasteiger partial charge on any atom is -0.381 e. The van der Waals surface area contributed by atoms with E-state index < -0.39 is 0 Å². The Hall–Kier alpha value is -1.92. The molecular formula is C23H26ClN3O2. The Bertz CT molecular complexity index is 1020. The van der Waals surface area contributed by atoms with Gasteiger partial charge in [-0.25, -0.2) is 4.98 Å². The highest BCUT2D eigenvalue weighted by Crippen LogP contribution is 2.40. The zero-order valence-electron chi connectivity index (χ0n) is 16.6. The summed E-state index contributed by atoms with van der Waals surface area (Å²) in [5.74, 6) is 0.427. The maximum Gasteiger partial charge on any atom is 0.137 e. The molecule has 0 saturated carbocycles. The Morgan fingerprint density at radius 1 is 1.07 bits per heavy atom.